The van der Waals surface area contributed by atoms with Gasteiger partial charge < -0.3 is 19.5 Å². The van der Waals surface area contributed by atoms with Gasteiger partial charge in [0, 0.05) is 0 Å². The minimum absolute atomic E-state index is 0.0245. The van der Waals surface area contributed by atoms with Crippen LogP contribution in [0.15, 0.2) is 66.7 Å². The summed E-state index contributed by atoms with van der Waals surface area (Å²) in [7, 11) is -1.97. The maximum atomic E-state index is 12.3. The van der Waals surface area contributed by atoms with Crippen LogP contribution >= 0.6 is 0 Å². The lowest BCUT2D eigenvalue weighted by atomic mass is 9.71. The zero-order valence-electron chi connectivity index (χ0n) is 15.4. The van der Waals surface area contributed by atoms with Crippen molar-refractivity contribution in [3.05, 3.63) is 66.7 Å². The highest BCUT2D eigenvalue weighted by molar-refractivity contribution is 6.62. The van der Waals surface area contributed by atoms with Crippen molar-refractivity contribution >= 4 is 12.6 Å². The second kappa shape index (κ2) is 8.52. The number of halogens is 6. The van der Waals surface area contributed by atoms with Gasteiger partial charge in [-0.15, -0.1) is 26.3 Å². The molecule has 3 aromatic rings. The summed E-state index contributed by atoms with van der Waals surface area (Å²) in [6.07, 6.45) is -9.70. The first-order chi connectivity index (χ1) is 14.4. The number of hydrogen-bond donors (Lipinski definition) is 2. The topological polar surface area (TPSA) is 58.9 Å². The molecule has 0 fully saturated rings. The molecule has 0 aliphatic rings. The molecule has 0 bridgehead atoms. The lowest BCUT2D eigenvalue weighted by Gasteiger charge is -2.16. The Morgan fingerprint density at radius 2 is 0.935 bits per heavy atom. The molecule has 2 N–H and O–H groups in total. The van der Waals surface area contributed by atoms with Crippen LogP contribution in [0.4, 0.5) is 26.3 Å². The van der Waals surface area contributed by atoms with E-state index in [1.807, 2.05) is 0 Å². The molecule has 0 aliphatic heterocycles. The summed E-state index contributed by atoms with van der Waals surface area (Å²) in [4.78, 5) is 0. The van der Waals surface area contributed by atoms with Crippen LogP contribution in [0.3, 0.4) is 0 Å². The second-order valence-electron chi connectivity index (χ2n) is 6.28. The average molecular weight is 442 g/mol. The molecule has 31 heavy (non-hydrogen) atoms. The molecular weight excluding hydrogens is 429 g/mol. The first kappa shape index (κ1) is 22.5. The van der Waals surface area contributed by atoms with Crippen LogP contribution in [0, 0.1) is 0 Å². The quantitative estimate of drug-likeness (QED) is 0.452. The molecule has 162 valence electrons. The predicted octanol–water partition coefficient (Wildman–Crippen LogP) is 4.50. The van der Waals surface area contributed by atoms with Crippen molar-refractivity contribution in [3.8, 4) is 33.8 Å². The molecule has 0 unspecified atom stereocenters. The Morgan fingerprint density at radius 1 is 0.581 bits per heavy atom. The third-order valence-corrected chi connectivity index (χ3v) is 4.16. The van der Waals surface area contributed by atoms with Gasteiger partial charge in [0.15, 0.2) is 0 Å². The summed E-state index contributed by atoms with van der Waals surface area (Å²) in [5, 5.41) is 19.9. The zero-order chi connectivity index (χ0) is 22.8. The summed E-state index contributed by atoms with van der Waals surface area (Å²) in [5.41, 5.74) is 1.38. The normalized spacial score (nSPS) is 11.9. The number of rotatable bonds is 5. The third kappa shape index (κ3) is 5.92. The zero-order valence-corrected chi connectivity index (χ0v) is 15.4. The van der Waals surface area contributed by atoms with Crippen LogP contribution in [-0.2, 0) is 0 Å². The monoisotopic (exact) mass is 442 g/mol. The van der Waals surface area contributed by atoms with E-state index in [1.165, 1.54) is 36.4 Å². The van der Waals surface area contributed by atoms with Gasteiger partial charge in [-0.05, 0) is 52.0 Å². The predicted molar refractivity (Wildman–Crippen MR) is 101 cm³/mol. The van der Waals surface area contributed by atoms with E-state index in [2.05, 4.69) is 9.47 Å². The fourth-order valence-electron chi connectivity index (χ4n) is 3.02. The second-order valence-corrected chi connectivity index (χ2v) is 6.28. The Labute approximate surface area is 172 Å². The lowest BCUT2D eigenvalue weighted by Crippen LogP contribution is -2.33. The average Bonchev–Trinajstić information content (AvgIpc) is 2.66. The van der Waals surface area contributed by atoms with E-state index in [0.29, 0.717) is 22.3 Å². The van der Waals surface area contributed by atoms with Gasteiger partial charge in [-0.2, -0.15) is 0 Å². The van der Waals surface area contributed by atoms with Gasteiger partial charge >= 0.3 is 19.8 Å². The van der Waals surface area contributed by atoms with Crippen molar-refractivity contribution in [1.82, 2.24) is 0 Å². The first-order valence-electron chi connectivity index (χ1n) is 8.64. The SMILES string of the molecule is OB(O)c1c(-c2ccc(OC(F)(F)F)cc2)cccc1-c1ccc(OC(F)(F)F)cc1. The fraction of sp³-hybridized carbons (Fsp3) is 0.100. The van der Waals surface area contributed by atoms with Crippen molar-refractivity contribution in [2.45, 2.75) is 12.7 Å². The minimum Gasteiger partial charge on any atom is -0.423 e. The van der Waals surface area contributed by atoms with Crippen LogP contribution in [0.1, 0.15) is 0 Å². The van der Waals surface area contributed by atoms with Crippen LogP contribution in [-0.4, -0.2) is 29.9 Å². The molecule has 3 rings (SSSR count). The first-order valence-corrected chi connectivity index (χ1v) is 8.64. The summed E-state index contributed by atoms with van der Waals surface area (Å²) >= 11 is 0. The Morgan fingerprint density at radius 3 is 1.23 bits per heavy atom. The number of ether oxygens (including phenoxy) is 2. The lowest BCUT2D eigenvalue weighted by molar-refractivity contribution is -0.275. The molecule has 0 saturated carbocycles. The summed E-state index contributed by atoms with van der Waals surface area (Å²) in [6, 6.07) is 14.2. The van der Waals surface area contributed by atoms with E-state index in [9.17, 15) is 36.4 Å². The Bertz CT molecular complexity index is 954. The highest BCUT2D eigenvalue weighted by Crippen LogP contribution is 2.30. The van der Waals surface area contributed by atoms with Gasteiger partial charge in [0.1, 0.15) is 11.5 Å². The highest BCUT2D eigenvalue weighted by atomic mass is 19.4. The number of alkyl halides is 6. The molecule has 0 radical (unpaired) electrons. The van der Waals surface area contributed by atoms with E-state index in [-0.39, 0.29) is 5.46 Å². The Balaban J connectivity index is 1.99. The summed E-state index contributed by atoms with van der Waals surface area (Å²) in [6.45, 7) is 0. The van der Waals surface area contributed by atoms with Gasteiger partial charge in [-0.25, -0.2) is 0 Å². The van der Waals surface area contributed by atoms with E-state index in [4.69, 9.17) is 0 Å². The molecule has 0 amide bonds. The van der Waals surface area contributed by atoms with Crippen LogP contribution in [0.5, 0.6) is 11.5 Å². The molecule has 0 aromatic heterocycles. The molecule has 4 nitrogen and oxygen atoms in total. The molecule has 0 saturated heterocycles. The smallest absolute Gasteiger partial charge is 0.423 e. The largest absolute Gasteiger partial charge is 0.573 e. The van der Waals surface area contributed by atoms with Gasteiger partial charge in [0.05, 0.1) is 0 Å². The number of benzene rings is 3. The summed E-state index contributed by atoms with van der Waals surface area (Å²) < 4.78 is 81.6. The van der Waals surface area contributed by atoms with Crippen LogP contribution in [0.25, 0.3) is 22.3 Å². The summed E-state index contributed by atoms with van der Waals surface area (Å²) in [5.74, 6) is -0.891. The maximum Gasteiger partial charge on any atom is 0.573 e. The minimum atomic E-state index is -4.85. The van der Waals surface area contributed by atoms with Crippen molar-refractivity contribution in [3.63, 3.8) is 0 Å². The Kier molecular flexibility index (Phi) is 6.19. The molecule has 0 atom stereocenters. The number of hydrogen-bond acceptors (Lipinski definition) is 4. The van der Waals surface area contributed by atoms with Crippen LogP contribution in [0.2, 0.25) is 0 Å². The van der Waals surface area contributed by atoms with Crippen molar-refractivity contribution < 1.29 is 45.9 Å². The molecule has 0 spiro atoms. The van der Waals surface area contributed by atoms with Crippen molar-refractivity contribution in [2.24, 2.45) is 0 Å². The third-order valence-electron chi connectivity index (χ3n) is 4.16. The van der Waals surface area contributed by atoms with E-state index < -0.39 is 31.3 Å². The van der Waals surface area contributed by atoms with E-state index in [1.54, 1.807) is 6.07 Å². The van der Waals surface area contributed by atoms with Gasteiger partial charge in [0.25, 0.3) is 0 Å². The van der Waals surface area contributed by atoms with Gasteiger partial charge in [0.2, 0.25) is 0 Å². The molecule has 3 aromatic carbocycles. The molecular formula is C20H13BF6O4. The van der Waals surface area contributed by atoms with E-state index in [0.717, 1.165) is 24.3 Å². The Hall–Kier alpha value is -3.18. The van der Waals surface area contributed by atoms with Gasteiger partial charge in [-0.3, -0.25) is 0 Å². The fourth-order valence-corrected chi connectivity index (χ4v) is 3.02. The van der Waals surface area contributed by atoms with Gasteiger partial charge in [-0.1, -0.05) is 42.5 Å². The van der Waals surface area contributed by atoms with Crippen molar-refractivity contribution in [1.29, 1.82) is 0 Å². The standard InChI is InChI=1S/C20H13BF6O4/c22-19(23,24)30-14-8-4-12(5-9-14)16-2-1-3-17(18(16)21(28)29)13-6-10-15(11-7-13)31-20(25,26)27/h1-11,28-29H. The highest BCUT2D eigenvalue weighted by Gasteiger charge is 2.32. The molecule has 11 heteroatoms. The van der Waals surface area contributed by atoms with E-state index >= 15 is 0 Å². The molecule has 0 aliphatic carbocycles. The van der Waals surface area contributed by atoms with Crippen LogP contribution < -0.4 is 14.9 Å². The maximum absolute atomic E-state index is 12.3. The van der Waals surface area contributed by atoms with Crippen molar-refractivity contribution in [2.75, 3.05) is 0 Å². The molecule has 0 heterocycles.